The number of hydrazone groups is 1. The minimum absolute atomic E-state index is 0.160. The first kappa shape index (κ1) is 15.0. The van der Waals surface area contributed by atoms with Crippen LogP contribution in [0.15, 0.2) is 45.9 Å². The predicted octanol–water partition coefficient (Wildman–Crippen LogP) is 2.01. The number of furan rings is 1. The van der Waals surface area contributed by atoms with Gasteiger partial charge in [0.25, 0.3) is 5.91 Å². The zero-order chi connectivity index (χ0) is 15.9. The number of nitrogens with one attached hydrogen (secondary N) is 1. The van der Waals surface area contributed by atoms with E-state index in [0.29, 0.717) is 17.1 Å². The topological polar surface area (TPSA) is 116 Å². The Morgan fingerprint density at radius 1 is 1.36 bits per heavy atom. The Kier molecular flexibility index (Phi) is 4.67. The summed E-state index contributed by atoms with van der Waals surface area (Å²) in [5.41, 5.74) is 2.95. The van der Waals surface area contributed by atoms with Crippen LogP contribution >= 0.6 is 0 Å². The van der Waals surface area contributed by atoms with Crippen molar-refractivity contribution in [3.8, 4) is 17.4 Å². The molecule has 2 aromatic rings. The van der Waals surface area contributed by atoms with Crippen molar-refractivity contribution in [3.05, 3.63) is 47.7 Å². The highest BCUT2D eigenvalue weighted by atomic mass is 16.4. The Bertz CT molecular complexity index is 771. The normalized spacial score (nSPS) is 10.3. The predicted molar refractivity (Wildman–Crippen MR) is 77.1 cm³/mol. The number of amides is 1. The molecule has 0 fully saturated rings. The van der Waals surface area contributed by atoms with Crippen LogP contribution in [0.2, 0.25) is 0 Å². The lowest BCUT2D eigenvalue weighted by molar-refractivity contribution is -0.120. The van der Waals surface area contributed by atoms with Crippen molar-refractivity contribution in [2.75, 3.05) is 0 Å². The number of rotatable bonds is 5. The van der Waals surface area contributed by atoms with E-state index in [1.165, 1.54) is 18.3 Å². The summed E-state index contributed by atoms with van der Waals surface area (Å²) in [6, 6.07) is 11.3. The maximum Gasteiger partial charge on any atom is 0.335 e. The van der Waals surface area contributed by atoms with E-state index in [2.05, 4.69) is 10.5 Å². The number of nitriles is 1. The zero-order valence-corrected chi connectivity index (χ0v) is 11.3. The van der Waals surface area contributed by atoms with E-state index in [1.807, 2.05) is 0 Å². The summed E-state index contributed by atoms with van der Waals surface area (Å²) < 4.78 is 5.49. The highest BCUT2D eigenvalue weighted by molar-refractivity contribution is 5.89. The second-order valence-corrected chi connectivity index (χ2v) is 4.22. The van der Waals surface area contributed by atoms with E-state index in [1.54, 1.807) is 30.3 Å². The second-order valence-electron chi connectivity index (χ2n) is 4.22. The lowest BCUT2D eigenvalue weighted by Crippen LogP contribution is -2.15. The third-order valence-electron chi connectivity index (χ3n) is 2.64. The molecule has 22 heavy (non-hydrogen) atoms. The molecule has 0 saturated heterocycles. The number of nitrogens with zero attached hydrogens (tertiary/aromatic N) is 2. The van der Waals surface area contributed by atoms with Gasteiger partial charge in [-0.15, -0.1) is 0 Å². The molecule has 0 aliphatic carbocycles. The SMILES string of the molecule is N#CCC(=O)N/N=C/c1ccc(-c2cccc(C(=O)O)c2)o1. The summed E-state index contributed by atoms with van der Waals surface area (Å²) in [5.74, 6) is -0.670. The zero-order valence-electron chi connectivity index (χ0n) is 11.3. The van der Waals surface area contributed by atoms with Crippen molar-refractivity contribution in [1.82, 2.24) is 5.43 Å². The number of carbonyl (C=O) groups excluding carboxylic acids is 1. The van der Waals surface area contributed by atoms with Gasteiger partial charge in [0.15, 0.2) is 0 Å². The second kappa shape index (κ2) is 6.85. The van der Waals surface area contributed by atoms with E-state index in [0.717, 1.165) is 0 Å². The summed E-state index contributed by atoms with van der Waals surface area (Å²) in [6.07, 6.45) is 1.02. The molecule has 0 atom stereocenters. The van der Waals surface area contributed by atoms with Crippen molar-refractivity contribution < 1.29 is 19.1 Å². The summed E-state index contributed by atoms with van der Waals surface area (Å²) >= 11 is 0. The van der Waals surface area contributed by atoms with Crippen LogP contribution in [0.1, 0.15) is 22.5 Å². The number of hydrogen-bond donors (Lipinski definition) is 2. The standard InChI is InChI=1S/C15H11N3O4/c16-7-6-14(19)18-17-9-12-4-5-13(22-12)10-2-1-3-11(8-10)15(20)21/h1-5,8-9H,6H2,(H,18,19)(H,20,21)/b17-9+. The summed E-state index contributed by atoms with van der Waals surface area (Å²) in [6.45, 7) is 0. The van der Waals surface area contributed by atoms with Crippen LogP contribution in [-0.4, -0.2) is 23.2 Å². The molecule has 0 aliphatic heterocycles. The molecule has 0 spiro atoms. The summed E-state index contributed by atoms with van der Waals surface area (Å²) in [4.78, 5) is 22.0. The van der Waals surface area contributed by atoms with Crippen LogP contribution in [0.4, 0.5) is 0 Å². The highest BCUT2D eigenvalue weighted by Crippen LogP contribution is 2.22. The fourth-order valence-electron chi connectivity index (χ4n) is 1.66. The molecule has 7 nitrogen and oxygen atoms in total. The molecule has 1 aromatic carbocycles. The highest BCUT2D eigenvalue weighted by Gasteiger charge is 2.07. The maximum atomic E-state index is 11.0. The van der Waals surface area contributed by atoms with Crippen LogP contribution in [0.25, 0.3) is 11.3 Å². The van der Waals surface area contributed by atoms with Gasteiger partial charge in [0.1, 0.15) is 17.9 Å². The van der Waals surface area contributed by atoms with Crippen LogP contribution in [-0.2, 0) is 4.79 Å². The summed E-state index contributed by atoms with van der Waals surface area (Å²) in [5, 5.41) is 20.9. The van der Waals surface area contributed by atoms with Crippen LogP contribution in [0.5, 0.6) is 0 Å². The fraction of sp³-hybridized carbons (Fsp3) is 0.0667. The van der Waals surface area contributed by atoms with Gasteiger partial charge < -0.3 is 9.52 Å². The average molecular weight is 297 g/mol. The van der Waals surface area contributed by atoms with E-state index < -0.39 is 11.9 Å². The molecular formula is C15H11N3O4. The van der Waals surface area contributed by atoms with Crippen molar-refractivity contribution in [3.63, 3.8) is 0 Å². The van der Waals surface area contributed by atoms with Gasteiger partial charge in [-0.05, 0) is 24.3 Å². The molecule has 1 heterocycles. The van der Waals surface area contributed by atoms with E-state index >= 15 is 0 Å². The molecule has 110 valence electrons. The number of carboxylic acid groups (broad SMARTS) is 1. The first-order valence-corrected chi connectivity index (χ1v) is 6.22. The Balaban J connectivity index is 2.10. The maximum absolute atomic E-state index is 11.0. The smallest absolute Gasteiger partial charge is 0.335 e. The lowest BCUT2D eigenvalue weighted by Gasteiger charge is -1.98. The molecular weight excluding hydrogens is 286 g/mol. The first-order valence-electron chi connectivity index (χ1n) is 6.22. The van der Waals surface area contributed by atoms with Gasteiger partial charge in [0.05, 0.1) is 17.8 Å². The Morgan fingerprint density at radius 2 is 2.18 bits per heavy atom. The van der Waals surface area contributed by atoms with Crippen molar-refractivity contribution >= 4 is 18.1 Å². The Labute approximate surface area is 125 Å². The number of carbonyl (C=O) groups is 2. The van der Waals surface area contributed by atoms with Gasteiger partial charge in [-0.2, -0.15) is 10.4 Å². The summed E-state index contributed by atoms with van der Waals surface area (Å²) in [7, 11) is 0. The molecule has 2 N–H and O–H groups in total. The van der Waals surface area contributed by atoms with Gasteiger partial charge in [0, 0.05) is 5.56 Å². The van der Waals surface area contributed by atoms with Crippen molar-refractivity contribution in [2.24, 2.45) is 5.10 Å². The third kappa shape index (κ3) is 3.80. The molecule has 7 heteroatoms. The third-order valence-corrected chi connectivity index (χ3v) is 2.64. The molecule has 0 radical (unpaired) electrons. The Hall–Kier alpha value is -3.40. The number of aromatic carboxylic acids is 1. The molecule has 0 aliphatic rings. The molecule has 1 amide bonds. The molecule has 0 unspecified atom stereocenters. The van der Waals surface area contributed by atoms with Gasteiger partial charge in [0.2, 0.25) is 0 Å². The molecule has 0 saturated carbocycles. The van der Waals surface area contributed by atoms with Crippen LogP contribution < -0.4 is 5.43 Å². The first-order chi connectivity index (χ1) is 10.6. The fourth-order valence-corrected chi connectivity index (χ4v) is 1.66. The molecule has 1 aromatic heterocycles. The van der Waals surface area contributed by atoms with Crippen molar-refractivity contribution in [2.45, 2.75) is 6.42 Å². The van der Waals surface area contributed by atoms with E-state index in [4.69, 9.17) is 14.8 Å². The quantitative estimate of drug-likeness (QED) is 0.647. The number of hydrogen-bond acceptors (Lipinski definition) is 5. The monoisotopic (exact) mass is 297 g/mol. The van der Waals surface area contributed by atoms with Crippen molar-refractivity contribution in [1.29, 1.82) is 5.26 Å². The van der Waals surface area contributed by atoms with E-state index in [-0.39, 0.29) is 12.0 Å². The minimum atomic E-state index is -1.02. The van der Waals surface area contributed by atoms with Crippen LogP contribution in [0, 0.1) is 11.3 Å². The van der Waals surface area contributed by atoms with Gasteiger partial charge >= 0.3 is 5.97 Å². The molecule has 2 rings (SSSR count). The van der Waals surface area contributed by atoms with Gasteiger partial charge in [-0.25, -0.2) is 10.2 Å². The minimum Gasteiger partial charge on any atom is -0.478 e. The Morgan fingerprint density at radius 3 is 2.91 bits per heavy atom. The molecule has 0 bridgehead atoms. The number of benzene rings is 1. The number of carboxylic acids is 1. The van der Waals surface area contributed by atoms with Gasteiger partial charge in [-0.1, -0.05) is 12.1 Å². The van der Waals surface area contributed by atoms with Gasteiger partial charge in [-0.3, -0.25) is 4.79 Å². The largest absolute Gasteiger partial charge is 0.478 e. The van der Waals surface area contributed by atoms with E-state index in [9.17, 15) is 9.59 Å². The van der Waals surface area contributed by atoms with Crippen LogP contribution in [0.3, 0.4) is 0 Å². The average Bonchev–Trinajstić information content (AvgIpc) is 2.96. The lowest BCUT2D eigenvalue weighted by atomic mass is 10.1.